The van der Waals surface area contributed by atoms with Gasteiger partial charge in [0.1, 0.15) is 0 Å². The summed E-state index contributed by atoms with van der Waals surface area (Å²) >= 11 is 5.94. The Bertz CT molecular complexity index is 956. The van der Waals surface area contributed by atoms with Crippen LogP contribution >= 0.6 is 11.6 Å². The van der Waals surface area contributed by atoms with Crippen LogP contribution in [0.25, 0.3) is 0 Å². The van der Waals surface area contributed by atoms with Gasteiger partial charge in [0.15, 0.2) is 21.4 Å². The standard InChI is InChI=1S/C20H23ClN2O4S/c1-28(25,26)18-12-15(9-10-16(18)21)20(24)23-19-17(8-5-11-22-19)27-13-14-6-3-2-4-7-14/h5,8-12,14H,2-4,6-7,13H2,1H3,(H,22,23,24). The number of nitrogens with zero attached hydrogens (tertiary/aromatic N) is 1. The van der Waals surface area contributed by atoms with Crippen molar-refractivity contribution < 1.29 is 17.9 Å². The first-order chi connectivity index (χ1) is 13.3. The first kappa shape index (κ1) is 20.6. The van der Waals surface area contributed by atoms with Crippen molar-refractivity contribution in [1.29, 1.82) is 0 Å². The number of amides is 1. The second kappa shape index (κ2) is 8.92. The van der Waals surface area contributed by atoms with Crippen LogP contribution in [0, 0.1) is 5.92 Å². The molecule has 0 bridgehead atoms. The van der Waals surface area contributed by atoms with Crippen molar-refractivity contribution in [1.82, 2.24) is 4.98 Å². The lowest BCUT2D eigenvalue weighted by molar-refractivity contribution is 0.102. The minimum Gasteiger partial charge on any atom is -0.489 e. The third-order valence-corrected chi connectivity index (χ3v) is 6.37. The Morgan fingerprint density at radius 1 is 1.25 bits per heavy atom. The largest absolute Gasteiger partial charge is 0.489 e. The highest BCUT2D eigenvalue weighted by molar-refractivity contribution is 7.90. The summed E-state index contributed by atoms with van der Waals surface area (Å²) in [7, 11) is -3.54. The second-order valence-corrected chi connectivity index (χ2v) is 9.43. The Balaban J connectivity index is 1.74. The van der Waals surface area contributed by atoms with Gasteiger partial charge in [-0.05, 0) is 49.1 Å². The monoisotopic (exact) mass is 422 g/mol. The molecule has 1 amide bonds. The van der Waals surface area contributed by atoms with E-state index in [-0.39, 0.29) is 15.5 Å². The molecular weight excluding hydrogens is 400 g/mol. The lowest BCUT2D eigenvalue weighted by Crippen LogP contribution is -2.18. The first-order valence-electron chi connectivity index (χ1n) is 9.23. The van der Waals surface area contributed by atoms with Crippen LogP contribution in [-0.2, 0) is 9.84 Å². The zero-order chi connectivity index (χ0) is 20.1. The van der Waals surface area contributed by atoms with E-state index in [4.69, 9.17) is 16.3 Å². The number of benzene rings is 1. The summed E-state index contributed by atoms with van der Waals surface area (Å²) in [6.45, 7) is 0.591. The molecule has 8 heteroatoms. The average Bonchev–Trinajstić information content (AvgIpc) is 2.67. The summed E-state index contributed by atoms with van der Waals surface area (Å²) in [6.07, 6.45) is 8.65. The predicted octanol–water partition coefficient (Wildman–Crippen LogP) is 4.35. The zero-order valence-corrected chi connectivity index (χ0v) is 17.2. The van der Waals surface area contributed by atoms with Crippen LogP contribution in [-0.4, -0.2) is 32.2 Å². The molecule has 0 spiro atoms. The van der Waals surface area contributed by atoms with Crippen molar-refractivity contribution in [2.45, 2.75) is 37.0 Å². The summed E-state index contributed by atoms with van der Waals surface area (Å²) < 4.78 is 29.6. The Morgan fingerprint density at radius 2 is 2.00 bits per heavy atom. The molecule has 2 aromatic rings. The van der Waals surface area contributed by atoms with Gasteiger partial charge in [-0.1, -0.05) is 30.9 Å². The average molecular weight is 423 g/mol. The van der Waals surface area contributed by atoms with Gasteiger partial charge in [0, 0.05) is 18.0 Å². The molecule has 0 atom stereocenters. The summed E-state index contributed by atoms with van der Waals surface area (Å²) in [6, 6.07) is 7.63. The molecule has 1 saturated carbocycles. The number of rotatable bonds is 6. The third-order valence-electron chi connectivity index (χ3n) is 4.79. The maximum atomic E-state index is 12.6. The van der Waals surface area contributed by atoms with E-state index in [0.717, 1.165) is 19.1 Å². The molecule has 6 nitrogen and oxygen atoms in total. The lowest BCUT2D eigenvalue weighted by atomic mass is 9.90. The quantitative estimate of drug-likeness (QED) is 0.747. The minimum absolute atomic E-state index is 0.0772. The maximum absolute atomic E-state index is 12.6. The van der Waals surface area contributed by atoms with E-state index in [0.29, 0.717) is 24.1 Å². The number of carbonyl (C=O) groups excluding carboxylic acids is 1. The number of sulfone groups is 1. The molecule has 3 rings (SSSR count). The van der Waals surface area contributed by atoms with Crippen LogP contribution < -0.4 is 10.1 Å². The van der Waals surface area contributed by atoms with Gasteiger partial charge in [-0.15, -0.1) is 0 Å². The maximum Gasteiger partial charge on any atom is 0.256 e. The molecule has 1 aliphatic carbocycles. The SMILES string of the molecule is CS(=O)(=O)c1cc(C(=O)Nc2ncccc2OCC2CCCCC2)ccc1Cl. The predicted molar refractivity (Wildman–Crippen MR) is 109 cm³/mol. The van der Waals surface area contributed by atoms with E-state index in [9.17, 15) is 13.2 Å². The van der Waals surface area contributed by atoms with Gasteiger partial charge in [-0.2, -0.15) is 0 Å². The first-order valence-corrected chi connectivity index (χ1v) is 11.5. The van der Waals surface area contributed by atoms with E-state index in [1.54, 1.807) is 18.3 Å². The van der Waals surface area contributed by atoms with Gasteiger partial charge in [-0.25, -0.2) is 13.4 Å². The number of ether oxygens (including phenoxy) is 1. The molecule has 0 saturated heterocycles. The Hall–Kier alpha value is -2.12. The van der Waals surface area contributed by atoms with Crippen molar-refractivity contribution in [3.63, 3.8) is 0 Å². The lowest BCUT2D eigenvalue weighted by Gasteiger charge is -2.22. The molecule has 150 valence electrons. The van der Waals surface area contributed by atoms with Gasteiger partial charge < -0.3 is 10.1 Å². The molecule has 28 heavy (non-hydrogen) atoms. The number of halogens is 1. The molecule has 0 unspecified atom stereocenters. The van der Waals surface area contributed by atoms with Gasteiger partial charge in [0.05, 0.1) is 16.5 Å². The molecule has 1 aromatic carbocycles. The van der Waals surface area contributed by atoms with Crippen molar-refractivity contribution in [2.24, 2.45) is 5.92 Å². The van der Waals surface area contributed by atoms with E-state index < -0.39 is 15.7 Å². The van der Waals surface area contributed by atoms with Crippen molar-refractivity contribution in [3.8, 4) is 5.75 Å². The Labute approximate surface area is 170 Å². The van der Waals surface area contributed by atoms with Crippen LogP contribution in [0.1, 0.15) is 42.5 Å². The summed E-state index contributed by atoms with van der Waals surface area (Å²) in [5.41, 5.74) is 0.175. The molecule has 1 heterocycles. The number of carbonyl (C=O) groups is 1. The van der Waals surface area contributed by atoms with Crippen LogP contribution in [0.2, 0.25) is 5.02 Å². The fraction of sp³-hybridized carbons (Fsp3) is 0.400. The molecular formula is C20H23ClN2O4S. The molecule has 0 aliphatic heterocycles. The highest BCUT2D eigenvalue weighted by Gasteiger charge is 2.18. The fourth-order valence-corrected chi connectivity index (χ4v) is 4.57. The van der Waals surface area contributed by atoms with Gasteiger partial charge in [0.2, 0.25) is 0 Å². The summed E-state index contributed by atoms with van der Waals surface area (Å²) in [5, 5.41) is 2.78. The number of pyridine rings is 1. The van der Waals surface area contributed by atoms with E-state index in [2.05, 4.69) is 10.3 Å². The molecule has 1 fully saturated rings. The van der Waals surface area contributed by atoms with E-state index in [1.165, 1.54) is 37.5 Å². The van der Waals surface area contributed by atoms with Crippen LogP contribution in [0.5, 0.6) is 5.75 Å². The van der Waals surface area contributed by atoms with Crippen LogP contribution in [0.15, 0.2) is 41.4 Å². The Morgan fingerprint density at radius 3 is 2.71 bits per heavy atom. The summed E-state index contributed by atoms with van der Waals surface area (Å²) in [5.74, 6) is 0.840. The van der Waals surface area contributed by atoms with Gasteiger partial charge in [-0.3, -0.25) is 4.79 Å². The Kier molecular flexibility index (Phi) is 6.57. The molecule has 0 radical (unpaired) electrons. The molecule has 1 aliphatic rings. The van der Waals surface area contributed by atoms with Gasteiger partial charge >= 0.3 is 0 Å². The van der Waals surface area contributed by atoms with Crippen molar-refractivity contribution in [3.05, 3.63) is 47.1 Å². The second-order valence-electron chi connectivity index (χ2n) is 7.04. The zero-order valence-electron chi connectivity index (χ0n) is 15.7. The normalized spacial score (nSPS) is 15.2. The van der Waals surface area contributed by atoms with Crippen molar-refractivity contribution in [2.75, 3.05) is 18.2 Å². The topological polar surface area (TPSA) is 85.4 Å². The van der Waals surface area contributed by atoms with Crippen LogP contribution in [0.3, 0.4) is 0 Å². The smallest absolute Gasteiger partial charge is 0.256 e. The number of hydrogen-bond acceptors (Lipinski definition) is 5. The highest BCUT2D eigenvalue weighted by Crippen LogP contribution is 2.28. The molecule has 1 N–H and O–H groups in total. The number of aromatic nitrogens is 1. The third kappa shape index (κ3) is 5.23. The number of nitrogens with one attached hydrogen (secondary N) is 1. The molecule has 1 aromatic heterocycles. The van der Waals surface area contributed by atoms with Crippen molar-refractivity contribution >= 4 is 33.2 Å². The fourth-order valence-electron chi connectivity index (χ4n) is 3.27. The highest BCUT2D eigenvalue weighted by atomic mass is 35.5. The number of hydrogen-bond donors (Lipinski definition) is 1. The van der Waals surface area contributed by atoms with E-state index >= 15 is 0 Å². The van der Waals surface area contributed by atoms with Crippen LogP contribution in [0.4, 0.5) is 5.82 Å². The minimum atomic E-state index is -3.54. The summed E-state index contributed by atoms with van der Waals surface area (Å²) in [4.78, 5) is 16.7. The van der Waals surface area contributed by atoms with E-state index in [1.807, 2.05) is 0 Å². The number of anilines is 1. The van der Waals surface area contributed by atoms with Gasteiger partial charge in [0.25, 0.3) is 5.91 Å².